The molecule has 0 amide bonds. The summed E-state index contributed by atoms with van der Waals surface area (Å²) in [5.74, 6) is -0.0849. The Kier molecular flexibility index (Phi) is 6.35. The summed E-state index contributed by atoms with van der Waals surface area (Å²) >= 11 is 0. The average Bonchev–Trinajstić information content (AvgIpc) is 2.73. The largest absolute Gasteiger partial charge is 0.351 e. The van der Waals surface area contributed by atoms with Crippen molar-refractivity contribution in [2.24, 2.45) is 4.40 Å². The van der Waals surface area contributed by atoms with Crippen molar-refractivity contribution in [3.05, 3.63) is 101 Å². The normalized spacial score (nSPS) is 14.1. The van der Waals surface area contributed by atoms with Crippen LogP contribution in [0.5, 0.6) is 0 Å². The van der Waals surface area contributed by atoms with E-state index in [1.54, 1.807) is 0 Å². The molecule has 150 valence electrons. The smallest absolute Gasteiger partial charge is 0.284 e. The Bertz CT molecular complexity index is 1120. The van der Waals surface area contributed by atoms with Crippen molar-refractivity contribution in [3.63, 3.8) is 0 Å². The third-order valence-electron chi connectivity index (χ3n) is 4.78. The van der Waals surface area contributed by atoms with Crippen molar-refractivity contribution in [1.82, 2.24) is 4.90 Å². The highest BCUT2D eigenvalue weighted by atomic mass is 35.5. The average molecular weight is 431 g/mol. The molecule has 1 heterocycles. The summed E-state index contributed by atoms with van der Waals surface area (Å²) in [6, 6.07) is 22.2. The number of rotatable bonds is 3. The van der Waals surface area contributed by atoms with Crippen LogP contribution in [0.1, 0.15) is 16.7 Å². The monoisotopic (exact) mass is 430 g/mol. The van der Waals surface area contributed by atoms with Crippen molar-refractivity contribution in [2.45, 2.75) is 17.9 Å². The Morgan fingerprint density at radius 3 is 2.17 bits per heavy atom. The first-order valence-electron chi connectivity index (χ1n) is 9.01. The third kappa shape index (κ3) is 4.66. The van der Waals surface area contributed by atoms with Crippen LogP contribution < -0.4 is 0 Å². The van der Waals surface area contributed by atoms with Gasteiger partial charge in [0.15, 0.2) is 0 Å². The molecule has 4 rings (SSSR count). The van der Waals surface area contributed by atoms with E-state index in [0.717, 1.165) is 29.7 Å². The van der Waals surface area contributed by atoms with Gasteiger partial charge in [0.1, 0.15) is 11.7 Å². The molecule has 0 fully saturated rings. The van der Waals surface area contributed by atoms with Gasteiger partial charge in [0, 0.05) is 18.7 Å². The topological polar surface area (TPSA) is 49.7 Å². The van der Waals surface area contributed by atoms with Crippen LogP contribution >= 0.6 is 12.4 Å². The van der Waals surface area contributed by atoms with Crippen LogP contribution in [-0.4, -0.2) is 25.7 Å². The Hall–Kier alpha value is -2.70. The Morgan fingerprint density at radius 1 is 0.862 bits per heavy atom. The fraction of sp³-hybridized carbons (Fsp3) is 0.136. The molecular formula is C22H20ClFN2O2S. The molecule has 3 aromatic carbocycles. The molecule has 3 aromatic rings. The summed E-state index contributed by atoms with van der Waals surface area (Å²) in [6.45, 7) is 1.26. The molecule has 0 N–H and O–H groups in total. The van der Waals surface area contributed by atoms with Crippen molar-refractivity contribution in [1.29, 1.82) is 0 Å². The fourth-order valence-electron chi connectivity index (χ4n) is 3.33. The second-order valence-electron chi connectivity index (χ2n) is 6.65. The number of hydrogen-bond acceptors (Lipinski definition) is 2. The summed E-state index contributed by atoms with van der Waals surface area (Å²) in [6.07, 6.45) is 0.818. The lowest BCUT2D eigenvalue weighted by Gasteiger charge is -2.31. The maximum Gasteiger partial charge on any atom is 0.284 e. The first-order chi connectivity index (χ1) is 13.5. The van der Waals surface area contributed by atoms with E-state index in [9.17, 15) is 12.8 Å². The minimum absolute atomic E-state index is 0. The van der Waals surface area contributed by atoms with Crippen molar-refractivity contribution < 1.29 is 12.8 Å². The van der Waals surface area contributed by atoms with Crippen LogP contribution in [0.25, 0.3) is 0 Å². The van der Waals surface area contributed by atoms with Crippen molar-refractivity contribution in [2.75, 3.05) is 6.54 Å². The van der Waals surface area contributed by atoms with E-state index in [0.29, 0.717) is 18.9 Å². The molecule has 0 unspecified atom stereocenters. The third-order valence-corrected chi connectivity index (χ3v) is 6.06. The minimum atomic E-state index is -3.97. The van der Waals surface area contributed by atoms with E-state index in [1.807, 2.05) is 47.4 Å². The molecule has 7 heteroatoms. The number of benzene rings is 3. The van der Waals surface area contributed by atoms with Gasteiger partial charge in [0.05, 0.1) is 4.90 Å². The highest BCUT2D eigenvalue weighted by Crippen LogP contribution is 2.23. The zero-order valence-electron chi connectivity index (χ0n) is 15.5. The molecule has 0 radical (unpaired) electrons. The lowest BCUT2D eigenvalue weighted by molar-refractivity contribution is 0.395. The molecule has 0 bridgehead atoms. The molecule has 1 aliphatic heterocycles. The minimum Gasteiger partial charge on any atom is -0.351 e. The van der Waals surface area contributed by atoms with Gasteiger partial charge in [-0.25, -0.2) is 4.39 Å². The zero-order chi connectivity index (χ0) is 19.6. The predicted octanol–water partition coefficient (Wildman–Crippen LogP) is 4.44. The van der Waals surface area contributed by atoms with Crippen LogP contribution in [0.15, 0.2) is 88.2 Å². The highest BCUT2D eigenvalue weighted by Gasteiger charge is 2.23. The summed E-state index contributed by atoms with van der Waals surface area (Å²) < 4.78 is 43.1. The Balaban J connectivity index is 0.00000240. The van der Waals surface area contributed by atoms with Crippen LogP contribution in [0, 0.1) is 5.82 Å². The summed E-state index contributed by atoms with van der Waals surface area (Å²) in [5.41, 5.74) is 3.16. The maximum atomic E-state index is 13.2. The highest BCUT2D eigenvalue weighted by molar-refractivity contribution is 7.90. The number of halogens is 2. The molecule has 0 aromatic heterocycles. The van der Waals surface area contributed by atoms with Gasteiger partial charge < -0.3 is 4.90 Å². The van der Waals surface area contributed by atoms with E-state index >= 15 is 0 Å². The van der Waals surface area contributed by atoms with Gasteiger partial charge in [-0.1, -0.05) is 54.6 Å². The number of fused-ring (bicyclic) bond motifs is 1. The second-order valence-corrected chi connectivity index (χ2v) is 8.25. The van der Waals surface area contributed by atoms with Crippen LogP contribution in [0.2, 0.25) is 0 Å². The summed E-state index contributed by atoms with van der Waals surface area (Å²) in [7, 11) is -3.97. The van der Waals surface area contributed by atoms with Gasteiger partial charge in [-0.15, -0.1) is 16.8 Å². The second kappa shape index (κ2) is 8.76. The summed E-state index contributed by atoms with van der Waals surface area (Å²) in [4.78, 5) is 1.96. The predicted molar refractivity (Wildman–Crippen MR) is 114 cm³/mol. The van der Waals surface area contributed by atoms with Crippen LogP contribution in [0.4, 0.5) is 4.39 Å². The lowest BCUT2D eigenvalue weighted by atomic mass is 9.99. The van der Waals surface area contributed by atoms with E-state index in [1.165, 1.54) is 17.7 Å². The number of hydrogen-bond donors (Lipinski definition) is 0. The lowest BCUT2D eigenvalue weighted by Crippen LogP contribution is -2.37. The number of amidine groups is 1. The summed E-state index contributed by atoms with van der Waals surface area (Å²) in [5, 5.41) is 0. The molecule has 4 nitrogen and oxygen atoms in total. The van der Waals surface area contributed by atoms with Crippen molar-refractivity contribution >= 4 is 28.3 Å². The molecule has 1 aliphatic rings. The van der Waals surface area contributed by atoms with E-state index < -0.39 is 15.8 Å². The first kappa shape index (κ1) is 21.0. The van der Waals surface area contributed by atoms with Gasteiger partial charge >= 0.3 is 0 Å². The van der Waals surface area contributed by atoms with Crippen molar-refractivity contribution in [3.8, 4) is 0 Å². The van der Waals surface area contributed by atoms with Gasteiger partial charge in [0.2, 0.25) is 0 Å². The van der Waals surface area contributed by atoms with Gasteiger partial charge in [-0.05, 0) is 41.8 Å². The first-order valence-corrected chi connectivity index (χ1v) is 10.4. The Morgan fingerprint density at radius 2 is 1.48 bits per heavy atom. The molecule has 0 aliphatic carbocycles. The van der Waals surface area contributed by atoms with Crippen LogP contribution in [0.3, 0.4) is 0 Å². The Labute approximate surface area is 176 Å². The molecule has 0 saturated heterocycles. The molecule has 0 atom stereocenters. The molecule has 0 saturated carbocycles. The van der Waals surface area contributed by atoms with E-state index in [2.05, 4.69) is 16.5 Å². The fourth-order valence-corrected chi connectivity index (χ4v) is 4.36. The zero-order valence-corrected chi connectivity index (χ0v) is 17.2. The van der Waals surface area contributed by atoms with Crippen LogP contribution in [-0.2, 0) is 23.0 Å². The number of sulfonamides is 1. The molecule has 0 spiro atoms. The number of nitrogens with zero attached hydrogens (tertiary/aromatic N) is 2. The molecular weight excluding hydrogens is 411 g/mol. The van der Waals surface area contributed by atoms with E-state index in [4.69, 9.17) is 0 Å². The van der Waals surface area contributed by atoms with E-state index in [-0.39, 0.29) is 17.3 Å². The standard InChI is InChI=1S/C22H19FN2O2S.ClH/c23-20-10-12-21(13-11-20)28(26,27)24-22(18-7-2-1-3-8-18)25-15-14-17-6-4-5-9-19(17)16-25;/h1-13H,14-16H2;1H. The van der Waals surface area contributed by atoms with Gasteiger partial charge in [0.25, 0.3) is 10.0 Å². The maximum absolute atomic E-state index is 13.2. The quantitative estimate of drug-likeness (QED) is 0.456. The van der Waals surface area contributed by atoms with Gasteiger partial charge in [-0.2, -0.15) is 8.42 Å². The SMILES string of the molecule is Cl.O=S(=O)(N=C(c1ccccc1)N1CCc2ccccc2C1)c1ccc(F)cc1. The van der Waals surface area contributed by atoms with Gasteiger partial charge in [-0.3, -0.25) is 0 Å². The molecule has 29 heavy (non-hydrogen) atoms.